The maximum atomic E-state index is 11.6. The maximum Gasteiger partial charge on any atom is 0.259 e. The van der Waals surface area contributed by atoms with Crippen molar-refractivity contribution in [1.82, 2.24) is 5.01 Å². The van der Waals surface area contributed by atoms with E-state index in [4.69, 9.17) is 12.2 Å². The van der Waals surface area contributed by atoms with Crippen molar-refractivity contribution in [3.05, 3.63) is 32.7 Å². The number of hydrazone groups is 1. The summed E-state index contributed by atoms with van der Waals surface area (Å²) in [6.07, 6.45) is 0. The molecule has 94 valence electrons. The molecule has 0 unspecified atom stereocenters. The van der Waals surface area contributed by atoms with Gasteiger partial charge in [0, 0.05) is 14.5 Å². The van der Waals surface area contributed by atoms with Crippen molar-refractivity contribution >= 4 is 71.8 Å². The summed E-state index contributed by atoms with van der Waals surface area (Å²) in [5.74, 6) is 0.300. The monoisotopic (exact) mass is 406 g/mol. The molecule has 7 heteroatoms. The Morgan fingerprint density at radius 3 is 2.78 bits per heavy atom. The van der Waals surface area contributed by atoms with Crippen molar-refractivity contribution in [2.24, 2.45) is 5.10 Å². The second kappa shape index (κ2) is 5.81. The van der Waals surface area contributed by atoms with Crippen LogP contribution in [0, 0.1) is 0 Å². The van der Waals surface area contributed by atoms with E-state index in [-0.39, 0.29) is 5.91 Å². The molecule has 1 aromatic carbocycles. The van der Waals surface area contributed by atoms with Gasteiger partial charge in [0.2, 0.25) is 0 Å². The van der Waals surface area contributed by atoms with Crippen LogP contribution >= 0.6 is 55.8 Å². The number of hydrogen-bond donors (Lipinski definition) is 0. The highest BCUT2D eigenvalue weighted by atomic mass is 79.9. The molecule has 1 aromatic rings. The van der Waals surface area contributed by atoms with E-state index < -0.39 is 0 Å². The largest absolute Gasteiger partial charge is 0.272 e. The topological polar surface area (TPSA) is 32.7 Å². The van der Waals surface area contributed by atoms with E-state index >= 15 is 0 Å². The Hall–Kier alpha value is -0.240. The predicted molar refractivity (Wildman–Crippen MR) is 86.0 cm³/mol. The van der Waals surface area contributed by atoms with Crippen molar-refractivity contribution in [3.63, 3.8) is 0 Å². The lowest BCUT2D eigenvalue weighted by molar-refractivity contribution is -0.124. The summed E-state index contributed by atoms with van der Waals surface area (Å²) in [4.78, 5) is 11.6. The quantitative estimate of drug-likeness (QED) is 0.552. The Labute approximate surface area is 131 Å². The van der Waals surface area contributed by atoms with E-state index in [0.717, 1.165) is 20.2 Å². The molecule has 0 atom stereocenters. The van der Waals surface area contributed by atoms with E-state index in [0.29, 0.717) is 10.1 Å². The molecule has 0 saturated carbocycles. The number of benzene rings is 1. The molecule has 0 spiro atoms. The number of nitrogens with zero attached hydrogens (tertiary/aromatic N) is 2. The first-order chi connectivity index (χ1) is 8.49. The van der Waals surface area contributed by atoms with Gasteiger partial charge in [-0.2, -0.15) is 10.1 Å². The summed E-state index contributed by atoms with van der Waals surface area (Å²) in [6.45, 7) is 1.85. The zero-order valence-corrected chi connectivity index (χ0v) is 14.1. The number of thiocarbonyl (C=S) groups is 1. The number of halogens is 2. The molecule has 0 N–H and O–H groups in total. The minimum Gasteiger partial charge on any atom is -0.272 e. The molecule has 1 saturated heterocycles. The molecule has 1 amide bonds. The molecule has 2 rings (SSSR count). The minimum atomic E-state index is -0.0717. The van der Waals surface area contributed by atoms with Gasteiger partial charge in [0.15, 0.2) is 4.32 Å². The molecule has 0 bridgehead atoms. The summed E-state index contributed by atoms with van der Waals surface area (Å²) in [7, 11) is 0. The smallest absolute Gasteiger partial charge is 0.259 e. The van der Waals surface area contributed by atoms with Crippen molar-refractivity contribution in [3.8, 4) is 0 Å². The molecule has 1 aliphatic rings. The van der Waals surface area contributed by atoms with Crippen LogP contribution in [-0.2, 0) is 4.79 Å². The lowest BCUT2D eigenvalue weighted by atomic mass is 10.1. The third-order valence-corrected chi connectivity index (χ3v) is 4.79. The fourth-order valence-electron chi connectivity index (χ4n) is 1.43. The van der Waals surface area contributed by atoms with Crippen LogP contribution < -0.4 is 0 Å². The van der Waals surface area contributed by atoms with Gasteiger partial charge < -0.3 is 0 Å². The van der Waals surface area contributed by atoms with Crippen molar-refractivity contribution in [2.45, 2.75) is 6.92 Å². The Balaban J connectivity index is 2.33. The van der Waals surface area contributed by atoms with Crippen LogP contribution in [0.25, 0.3) is 0 Å². The van der Waals surface area contributed by atoms with Crippen LogP contribution in [0.2, 0.25) is 0 Å². The summed E-state index contributed by atoms with van der Waals surface area (Å²) < 4.78 is 2.41. The zero-order valence-electron chi connectivity index (χ0n) is 9.31. The van der Waals surface area contributed by atoms with Gasteiger partial charge >= 0.3 is 0 Å². The number of thioether (sulfide) groups is 1. The molecule has 1 heterocycles. The SMILES string of the molecule is C/C(=N\N1C(=O)CSC1=S)c1ccc(Br)cc1Br. The van der Waals surface area contributed by atoms with E-state index in [1.807, 2.05) is 25.1 Å². The molecule has 0 radical (unpaired) electrons. The number of carbonyl (C=O) groups is 1. The lowest BCUT2D eigenvalue weighted by Crippen LogP contribution is -2.24. The zero-order chi connectivity index (χ0) is 13.3. The fraction of sp³-hybridized carbons (Fsp3) is 0.182. The molecular weight excluding hydrogens is 400 g/mol. The lowest BCUT2D eigenvalue weighted by Gasteiger charge is -2.11. The summed E-state index contributed by atoms with van der Waals surface area (Å²) in [5, 5.41) is 5.59. The normalized spacial score (nSPS) is 16.6. The molecular formula is C11H8Br2N2OS2. The van der Waals surface area contributed by atoms with Gasteiger partial charge in [-0.25, -0.2) is 0 Å². The van der Waals surface area contributed by atoms with Crippen LogP contribution in [0.15, 0.2) is 32.2 Å². The summed E-state index contributed by atoms with van der Waals surface area (Å²) in [6, 6.07) is 5.80. The first kappa shape index (κ1) is 14.2. The summed E-state index contributed by atoms with van der Waals surface area (Å²) in [5.41, 5.74) is 1.68. The van der Waals surface area contributed by atoms with Gasteiger partial charge in [-0.15, -0.1) is 0 Å². The van der Waals surface area contributed by atoms with Gasteiger partial charge in [-0.05, 0) is 19.1 Å². The molecule has 0 aromatic heterocycles. The first-order valence-electron chi connectivity index (χ1n) is 4.99. The molecule has 18 heavy (non-hydrogen) atoms. The highest BCUT2D eigenvalue weighted by Gasteiger charge is 2.26. The highest BCUT2D eigenvalue weighted by molar-refractivity contribution is 9.11. The second-order valence-corrected chi connectivity index (χ2v) is 6.95. The average Bonchev–Trinajstić information content (AvgIpc) is 2.60. The fourth-order valence-corrected chi connectivity index (χ4v) is 3.72. The van der Waals surface area contributed by atoms with Crippen molar-refractivity contribution in [1.29, 1.82) is 0 Å². The number of hydrogen-bond acceptors (Lipinski definition) is 4. The second-order valence-electron chi connectivity index (χ2n) is 3.57. The van der Waals surface area contributed by atoms with Gasteiger partial charge in [-0.3, -0.25) is 4.79 Å². The van der Waals surface area contributed by atoms with Gasteiger partial charge in [0.1, 0.15) is 0 Å². The van der Waals surface area contributed by atoms with E-state index in [1.165, 1.54) is 16.8 Å². The number of carbonyl (C=O) groups excluding carboxylic acids is 1. The van der Waals surface area contributed by atoms with Crippen LogP contribution in [0.3, 0.4) is 0 Å². The van der Waals surface area contributed by atoms with E-state index in [1.54, 1.807) is 0 Å². The predicted octanol–water partition coefficient (Wildman–Crippen LogP) is 3.80. The number of rotatable bonds is 2. The molecule has 1 aliphatic heterocycles. The van der Waals surface area contributed by atoms with Gasteiger partial charge in [0.25, 0.3) is 5.91 Å². The van der Waals surface area contributed by atoms with E-state index in [2.05, 4.69) is 37.0 Å². The van der Waals surface area contributed by atoms with Crippen LogP contribution in [0.4, 0.5) is 0 Å². The summed E-state index contributed by atoms with van der Waals surface area (Å²) >= 11 is 13.3. The van der Waals surface area contributed by atoms with Crippen LogP contribution in [-0.4, -0.2) is 26.7 Å². The van der Waals surface area contributed by atoms with Gasteiger partial charge in [-0.1, -0.05) is 61.9 Å². The van der Waals surface area contributed by atoms with Crippen LogP contribution in [0.1, 0.15) is 12.5 Å². The highest BCUT2D eigenvalue weighted by Crippen LogP contribution is 2.24. The minimum absolute atomic E-state index is 0.0717. The van der Waals surface area contributed by atoms with E-state index in [9.17, 15) is 4.79 Å². The Morgan fingerprint density at radius 1 is 1.50 bits per heavy atom. The third-order valence-electron chi connectivity index (χ3n) is 2.30. The van der Waals surface area contributed by atoms with Crippen molar-refractivity contribution in [2.75, 3.05) is 5.75 Å². The van der Waals surface area contributed by atoms with Crippen molar-refractivity contribution < 1.29 is 4.79 Å². The molecule has 0 aliphatic carbocycles. The van der Waals surface area contributed by atoms with Gasteiger partial charge in [0.05, 0.1) is 11.5 Å². The first-order valence-corrected chi connectivity index (χ1v) is 7.97. The number of amides is 1. The Morgan fingerprint density at radius 2 is 2.22 bits per heavy atom. The average molecular weight is 408 g/mol. The standard InChI is InChI=1S/C11H8Br2N2OS2/c1-6(8-3-2-7(12)4-9(8)13)14-15-10(16)5-18-11(15)17/h2-4H,5H2,1H3/b14-6+. The maximum absolute atomic E-state index is 11.6. The third kappa shape index (κ3) is 3.01. The molecule has 1 fully saturated rings. The Kier molecular flexibility index (Phi) is 4.58. The molecule has 3 nitrogen and oxygen atoms in total. The Bertz CT molecular complexity index is 544. The van der Waals surface area contributed by atoms with Crippen LogP contribution in [0.5, 0.6) is 0 Å².